The standard InChI is InChI=1S/C9H14F3N3O2/c1-7(16)8-5-15(14-13-8)3-2-4-17-6-9(10,11)12/h5,7,16H,2-4,6H2,1H3. The van der Waals surface area contributed by atoms with E-state index in [4.69, 9.17) is 0 Å². The van der Waals surface area contributed by atoms with E-state index in [2.05, 4.69) is 15.0 Å². The molecule has 0 aromatic carbocycles. The number of aliphatic hydroxyl groups excluding tert-OH is 1. The van der Waals surface area contributed by atoms with Crippen molar-refractivity contribution in [2.45, 2.75) is 32.2 Å². The van der Waals surface area contributed by atoms with Gasteiger partial charge >= 0.3 is 6.18 Å². The Kier molecular flexibility index (Phi) is 4.88. The second kappa shape index (κ2) is 5.97. The van der Waals surface area contributed by atoms with E-state index < -0.39 is 18.9 Å². The first kappa shape index (κ1) is 13.9. The lowest BCUT2D eigenvalue weighted by Crippen LogP contribution is -2.17. The maximum Gasteiger partial charge on any atom is 0.411 e. The monoisotopic (exact) mass is 253 g/mol. The van der Waals surface area contributed by atoms with E-state index in [9.17, 15) is 18.3 Å². The van der Waals surface area contributed by atoms with E-state index in [1.54, 1.807) is 13.1 Å². The average Bonchev–Trinajstić information content (AvgIpc) is 2.64. The zero-order chi connectivity index (χ0) is 12.9. The van der Waals surface area contributed by atoms with Gasteiger partial charge < -0.3 is 9.84 Å². The summed E-state index contributed by atoms with van der Waals surface area (Å²) in [5.74, 6) is 0. The van der Waals surface area contributed by atoms with Crippen LogP contribution in [0.1, 0.15) is 25.1 Å². The normalized spacial score (nSPS) is 13.9. The summed E-state index contributed by atoms with van der Waals surface area (Å²) in [7, 11) is 0. The molecule has 0 aliphatic carbocycles. The van der Waals surface area contributed by atoms with Crippen LogP contribution in [0.5, 0.6) is 0 Å². The van der Waals surface area contributed by atoms with Gasteiger partial charge in [0.05, 0.1) is 12.3 Å². The summed E-state index contributed by atoms with van der Waals surface area (Å²) in [6.07, 6.45) is -3.04. The summed E-state index contributed by atoms with van der Waals surface area (Å²) >= 11 is 0. The lowest BCUT2D eigenvalue weighted by atomic mass is 10.3. The van der Waals surface area contributed by atoms with Crippen LogP contribution in [-0.4, -0.2) is 39.5 Å². The zero-order valence-electron chi connectivity index (χ0n) is 9.31. The summed E-state index contributed by atoms with van der Waals surface area (Å²) < 4.78 is 41.0. The molecule has 1 atom stereocenters. The first-order valence-electron chi connectivity index (χ1n) is 5.11. The molecule has 1 aromatic heterocycles. The van der Waals surface area contributed by atoms with Crippen LogP contribution in [0.4, 0.5) is 13.2 Å². The van der Waals surface area contributed by atoms with E-state index in [0.29, 0.717) is 18.7 Å². The van der Waals surface area contributed by atoms with Gasteiger partial charge in [-0.3, -0.25) is 4.68 Å². The van der Waals surface area contributed by atoms with Gasteiger partial charge in [0.1, 0.15) is 12.3 Å². The Hall–Kier alpha value is -1.15. The van der Waals surface area contributed by atoms with Crippen molar-refractivity contribution in [1.82, 2.24) is 15.0 Å². The molecule has 1 rings (SSSR count). The molecule has 0 saturated heterocycles. The molecule has 0 bridgehead atoms. The number of rotatable bonds is 6. The summed E-state index contributed by atoms with van der Waals surface area (Å²) in [6, 6.07) is 0. The summed E-state index contributed by atoms with van der Waals surface area (Å²) in [4.78, 5) is 0. The predicted octanol–water partition coefficient (Wildman–Crippen LogP) is 1.30. The molecular formula is C9H14F3N3O2. The van der Waals surface area contributed by atoms with Gasteiger partial charge in [0.15, 0.2) is 0 Å². The fourth-order valence-electron chi connectivity index (χ4n) is 1.13. The van der Waals surface area contributed by atoms with Crippen molar-refractivity contribution in [3.8, 4) is 0 Å². The van der Waals surface area contributed by atoms with Gasteiger partial charge in [-0.25, -0.2) is 0 Å². The summed E-state index contributed by atoms with van der Waals surface area (Å²) in [5.41, 5.74) is 0.432. The maximum absolute atomic E-state index is 11.7. The van der Waals surface area contributed by atoms with Gasteiger partial charge in [0.25, 0.3) is 0 Å². The minimum Gasteiger partial charge on any atom is -0.387 e. The number of ether oxygens (including phenoxy) is 1. The van der Waals surface area contributed by atoms with Gasteiger partial charge in [-0.1, -0.05) is 5.21 Å². The highest BCUT2D eigenvalue weighted by molar-refractivity contribution is 4.95. The third-order valence-corrected chi connectivity index (χ3v) is 1.93. The SMILES string of the molecule is CC(O)c1cn(CCCOCC(F)(F)F)nn1. The first-order chi connectivity index (χ1) is 7.88. The Morgan fingerprint density at radius 2 is 2.24 bits per heavy atom. The lowest BCUT2D eigenvalue weighted by molar-refractivity contribution is -0.174. The Morgan fingerprint density at radius 1 is 1.53 bits per heavy atom. The average molecular weight is 253 g/mol. The highest BCUT2D eigenvalue weighted by Crippen LogP contribution is 2.14. The number of aromatic nitrogens is 3. The molecule has 0 aliphatic rings. The molecule has 1 unspecified atom stereocenters. The largest absolute Gasteiger partial charge is 0.411 e. The third-order valence-electron chi connectivity index (χ3n) is 1.93. The minimum atomic E-state index is -4.28. The van der Waals surface area contributed by atoms with E-state index in [1.807, 2.05) is 0 Å². The number of aryl methyl sites for hydroxylation is 1. The van der Waals surface area contributed by atoms with E-state index in [0.717, 1.165) is 0 Å². The molecule has 0 aliphatic heterocycles. The van der Waals surface area contributed by atoms with Gasteiger partial charge in [0.2, 0.25) is 0 Å². The van der Waals surface area contributed by atoms with Crippen LogP contribution < -0.4 is 0 Å². The Balaban J connectivity index is 2.18. The number of halogens is 3. The van der Waals surface area contributed by atoms with E-state index in [1.165, 1.54) is 4.68 Å². The Labute approximate surface area is 96.2 Å². The van der Waals surface area contributed by atoms with Crippen LogP contribution in [-0.2, 0) is 11.3 Å². The number of hydrogen-bond donors (Lipinski definition) is 1. The Morgan fingerprint density at radius 3 is 2.76 bits per heavy atom. The van der Waals surface area contributed by atoms with Crippen molar-refractivity contribution in [3.63, 3.8) is 0 Å². The summed E-state index contributed by atoms with van der Waals surface area (Å²) in [5, 5.41) is 16.6. The Bertz CT molecular complexity index is 338. The molecule has 1 aromatic rings. The second-order valence-electron chi connectivity index (χ2n) is 3.60. The van der Waals surface area contributed by atoms with Gasteiger partial charge in [-0.05, 0) is 13.3 Å². The molecule has 8 heteroatoms. The maximum atomic E-state index is 11.7. The molecule has 0 amide bonds. The molecule has 0 radical (unpaired) electrons. The van der Waals surface area contributed by atoms with Gasteiger partial charge in [0, 0.05) is 13.2 Å². The molecule has 0 spiro atoms. The third kappa shape index (κ3) is 5.64. The van der Waals surface area contributed by atoms with Crippen LogP contribution in [0.15, 0.2) is 6.20 Å². The summed E-state index contributed by atoms with van der Waals surface area (Å²) in [6.45, 7) is 0.727. The molecular weight excluding hydrogens is 239 g/mol. The molecule has 98 valence electrons. The number of alkyl halides is 3. The van der Waals surface area contributed by atoms with Crippen molar-refractivity contribution < 1.29 is 23.0 Å². The fraction of sp³-hybridized carbons (Fsp3) is 0.778. The van der Waals surface area contributed by atoms with Crippen LogP contribution in [0.3, 0.4) is 0 Å². The fourth-order valence-corrected chi connectivity index (χ4v) is 1.13. The molecule has 1 N–H and O–H groups in total. The molecule has 17 heavy (non-hydrogen) atoms. The quantitative estimate of drug-likeness (QED) is 0.776. The number of hydrogen-bond acceptors (Lipinski definition) is 4. The zero-order valence-corrected chi connectivity index (χ0v) is 9.31. The van der Waals surface area contributed by atoms with Crippen molar-refractivity contribution >= 4 is 0 Å². The van der Waals surface area contributed by atoms with E-state index >= 15 is 0 Å². The predicted molar refractivity (Wildman–Crippen MR) is 52.1 cm³/mol. The second-order valence-corrected chi connectivity index (χ2v) is 3.60. The molecule has 0 saturated carbocycles. The molecule has 0 fully saturated rings. The smallest absolute Gasteiger partial charge is 0.387 e. The van der Waals surface area contributed by atoms with Crippen LogP contribution >= 0.6 is 0 Å². The highest BCUT2D eigenvalue weighted by Gasteiger charge is 2.27. The van der Waals surface area contributed by atoms with Crippen molar-refractivity contribution in [2.24, 2.45) is 0 Å². The first-order valence-corrected chi connectivity index (χ1v) is 5.11. The number of aliphatic hydroxyl groups is 1. The van der Waals surface area contributed by atoms with Crippen molar-refractivity contribution in [1.29, 1.82) is 0 Å². The van der Waals surface area contributed by atoms with Gasteiger partial charge in [-0.2, -0.15) is 13.2 Å². The molecule has 5 nitrogen and oxygen atoms in total. The van der Waals surface area contributed by atoms with E-state index in [-0.39, 0.29) is 6.61 Å². The highest BCUT2D eigenvalue weighted by atomic mass is 19.4. The minimum absolute atomic E-state index is 0.00336. The van der Waals surface area contributed by atoms with Crippen molar-refractivity contribution in [3.05, 3.63) is 11.9 Å². The van der Waals surface area contributed by atoms with Crippen LogP contribution in [0.25, 0.3) is 0 Å². The topological polar surface area (TPSA) is 60.2 Å². The number of nitrogens with zero attached hydrogens (tertiary/aromatic N) is 3. The van der Waals surface area contributed by atoms with Crippen molar-refractivity contribution in [2.75, 3.05) is 13.2 Å². The van der Waals surface area contributed by atoms with Gasteiger partial charge in [-0.15, -0.1) is 5.10 Å². The molecule has 1 heterocycles. The lowest BCUT2D eigenvalue weighted by Gasteiger charge is -2.07. The van der Waals surface area contributed by atoms with Crippen LogP contribution in [0, 0.1) is 0 Å². The van der Waals surface area contributed by atoms with Crippen LogP contribution in [0.2, 0.25) is 0 Å².